The summed E-state index contributed by atoms with van der Waals surface area (Å²) in [6.07, 6.45) is 5.14. The molecule has 0 bridgehead atoms. The third kappa shape index (κ3) is 6.02. The Kier molecular flexibility index (Phi) is 7.88. The summed E-state index contributed by atoms with van der Waals surface area (Å²) in [6, 6.07) is 3.23. The normalized spacial score (nSPS) is 18.8. The summed E-state index contributed by atoms with van der Waals surface area (Å²) in [4.78, 5) is 26.1. The topological polar surface area (TPSA) is 121 Å². The lowest BCUT2D eigenvalue weighted by molar-refractivity contribution is -0.123. The maximum atomic E-state index is 13.9. The van der Waals surface area contributed by atoms with E-state index >= 15 is 0 Å². The Morgan fingerprint density at radius 1 is 1.39 bits per heavy atom. The Bertz CT molecular complexity index is 785. The molecule has 3 N–H and O–H groups in total. The standard InChI is InChI=1S/C17H22FN5O2.CH2O2/c1-22-13(4-7-20-22)2-3-17(25)21-12-8-14(24)11-23(10-12)16-5-6-19-9-15(16)18;2-1-3/h4-7,9,12,14,24H,2-3,8,10-11H2,1H3,(H,21,25);1H,(H,2,3)/t12-,14+;/m0./s1. The monoisotopic (exact) mass is 393 g/mol. The molecule has 0 unspecified atom stereocenters. The fourth-order valence-corrected chi connectivity index (χ4v) is 3.19. The highest BCUT2D eigenvalue weighted by atomic mass is 19.1. The predicted molar refractivity (Wildman–Crippen MR) is 99.2 cm³/mol. The van der Waals surface area contributed by atoms with Crippen molar-refractivity contribution >= 4 is 18.1 Å². The van der Waals surface area contributed by atoms with Crippen molar-refractivity contribution in [2.24, 2.45) is 7.05 Å². The minimum atomic E-state index is -0.622. The van der Waals surface area contributed by atoms with Gasteiger partial charge in [-0.15, -0.1) is 0 Å². The molecule has 1 aliphatic heterocycles. The maximum absolute atomic E-state index is 13.9. The van der Waals surface area contributed by atoms with E-state index in [2.05, 4.69) is 15.4 Å². The Hall–Kier alpha value is -3.01. The summed E-state index contributed by atoms with van der Waals surface area (Å²) < 4.78 is 15.7. The van der Waals surface area contributed by atoms with E-state index in [-0.39, 0.29) is 18.4 Å². The van der Waals surface area contributed by atoms with Gasteiger partial charge in [0.2, 0.25) is 5.91 Å². The Balaban J connectivity index is 0.000000878. The van der Waals surface area contributed by atoms with Crippen molar-refractivity contribution in [2.45, 2.75) is 31.4 Å². The number of piperidine rings is 1. The van der Waals surface area contributed by atoms with Gasteiger partial charge in [-0.1, -0.05) is 0 Å². The number of hydrogen-bond acceptors (Lipinski definition) is 6. The maximum Gasteiger partial charge on any atom is 0.290 e. The van der Waals surface area contributed by atoms with E-state index in [1.165, 1.54) is 6.20 Å². The average Bonchev–Trinajstić information content (AvgIpc) is 3.05. The van der Waals surface area contributed by atoms with E-state index in [9.17, 15) is 14.3 Å². The van der Waals surface area contributed by atoms with Crippen LogP contribution in [-0.2, 0) is 23.1 Å². The first-order valence-electron chi connectivity index (χ1n) is 8.81. The molecule has 2 aromatic rings. The summed E-state index contributed by atoms with van der Waals surface area (Å²) in [7, 11) is 1.84. The quantitative estimate of drug-likeness (QED) is 0.627. The van der Waals surface area contributed by atoms with Crippen LogP contribution in [-0.4, -0.2) is 62.6 Å². The number of rotatable bonds is 5. The number of aryl methyl sites for hydroxylation is 2. The molecule has 0 aliphatic carbocycles. The number of pyridine rings is 1. The molecular weight excluding hydrogens is 369 g/mol. The molecule has 152 valence electrons. The molecule has 2 aromatic heterocycles. The third-order valence-electron chi connectivity index (χ3n) is 4.42. The summed E-state index contributed by atoms with van der Waals surface area (Å²) >= 11 is 0. The molecule has 2 atom stereocenters. The van der Waals surface area contributed by atoms with E-state index in [0.717, 1.165) is 11.9 Å². The van der Waals surface area contributed by atoms with E-state index in [1.807, 2.05) is 13.1 Å². The molecule has 1 amide bonds. The second-order valence-corrected chi connectivity index (χ2v) is 6.44. The molecule has 0 saturated carbocycles. The number of carbonyl (C=O) groups is 2. The molecule has 3 heterocycles. The number of hydrogen-bond donors (Lipinski definition) is 3. The number of aromatic nitrogens is 3. The van der Waals surface area contributed by atoms with Gasteiger partial charge in [0.15, 0.2) is 5.82 Å². The van der Waals surface area contributed by atoms with Crippen LogP contribution in [0.2, 0.25) is 0 Å². The number of anilines is 1. The van der Waals surface area contributed by atoms with Crippen LogP contribution in [0.3, 0.4) is 0 Å². The van der Waals surface area contributed by atoms with Gasteiger partial charge in [0, 0.05) is 50.7 Å². The Labute approximate surface area is 161 Å². The van der Waals surface area contributed by atoms with Crippen LogP contribution in [0.5, 0.6) is 0 Å². The lowest BCUT2D eigenvalue weighted by atomic mass is 10.0. The minimum absolute atomic E-state index is 0.0875. The van der Waals surface area contributed by atoms with Gasteiger partial charge in [-0.25, -0.2) is 4.39 Å². The van der Waals surface area contributed by atoms with Gasteiger partial charge in [-0.3, -0.25) is 19.3 Å². The summed E-state index contributed by atoms with van der Waals surface area (Å²) in [5, 5.41) is 24.0. The van der Waals surface area contributed by atoms with Crippen molar-refractivity contribution in [3.63, 3.8) is 0 Å². The van der Waals surface area contributed by atoms with Gasteiger partial charge in [0.05, 0.1) is 18.0 Å². The zero-order chi connectivity index (χ0) is 20.5. The van der Waals surface area contributed by atoms with Gasteiger partial charge in [-0.05, 0) is 25.0 Å². The highest BCUT2D eigenvalue weighted by molar-refractivity contribution is 5.76. The zero-order valence-corrected chi connectivity index (χ0v) is 15.5. The third-order valence-corrected chi connectivity index (χ3v) is 4.42. The molecular formula is C18H24FN5O4. The van der Waals surface area contributed by atoms with Gasteiger partial charge in [0.25, 0.3) is 6.47 Å². The number of β-amino-alcohol motifs (C(OH)–C–C–N with tert-alkyl or cyclic N) is 1. The van der Waals surface area contributed by atoms with Crippen LogP contribution in [0, 0.1) is 5.82 Å². The summed E-state index contributed by atoms with van der Waals surface area (Å²) in [5.74, 6) is -0.520. The number of aliphatic hydroxyl groups excluding tert-OH is 1. The van der Waals surface area contributed by atoms with Crippen molar-refractivity contribution in [2.75, 3.05) is 18.0 Å². The number of amides is 1. The van der Waals surface area contributed by atoms with Crippen LogP contribution >= 0.6 is 0 Å². The molecule has 1 fully saturated rings. The Morgan fingerprint density at radius 2 is 2.14 bits per heavy atom. The number of nitrogens with zero attached hydrogens (tertiary/aromatic N) is 4. The van der Waals surface area contributed by atoms with E-state index in [0.29, 0.717) is 38.0 Å². The van der Waals surface area contributed by atoms with Crippen LogP contribution in [0.25, 0.3) is 0 Å². The van der Waals surface area contributed by atoms with E-state index in [1.54, 1.807) is 21.8 Å². The van der Waals surface area contributed by atoms with Crippen LogP contribution < -0.4 is 10.2 Å². The van der Waals surface area contributed by atoms with Crippen LogP contribution in [0.4, 0.5) is 10.1 Å². The summed E-state index contributed by atoms with van der Waals surface area (Å²) in [6.45, 7) is 0.539. The van der Waals surface area contributed by atoms with Crippen molar-refractivity contribution in [1.82, 2.24) is 20.1 Å². The lowest BCUT2D eigenvalue weighted by Gasteiger charge is -2.37. The molecule has 0 spiro atoms. The SMILES string of the molecule is Cn1nccc1CCC(=O)N[C@H]1C[C@@H](O)CN(c2ccncc2F)C1.O=CO. The highest BCUT2D eigenvalue weighted by Crippen LogP contribution is 2.22. The molecule has 3 rings (SSSR count). The highest BCUT2D eigenvalue weighted by Gasteiger charge is 2.28. The van der Waals surface area contributed by atoms with E-state index in [4.69, 9.17) is 9.90 Å². The predicted octanol–water partition coefficient (Wildman–Crippen LogP) is 0.344. The lowest BCUT2D eigenvalue weighted by Crippen LogP contribution is -2.53. The largest absolute Gasteiger partial charge is 0.483 e. The van der Waals surface area contributed by atoms with Crippen molar-refractivity contribution < 1.29 is 24.2 Å². The molecule has 10 heteroatoms. The van der Waals surface area contributed by atoms with Crippen LogP contribution in [0.1, 0.15) is 18.5 Å². The number of aliphatic hydroxyl groups is 1. The second-order valence-electron chi connectivity index (χ2n) is 6.44. The van der Waals surface area contributed by atoms with Gasteiger partial charge >= 0.3 is 0 Å². The van der Waals surface area contributed by atoms with Crippen molar-refractivity contribution in [3.8, 4) is 0 Å². The molecule has 28 heavy (non-hydrogen) atoms. The smallest absolute Gasteiger partial charge is 0.290 e. The van der Waals surface area contributed by atoms with Gasteiger partial charge in [0.1, 0.15) is 0 Å². The van der Waals surface area contributed by atoms with Gasteiger partial charge in [-0.2, -0.15) is 5.10 Å². The average molecular weight is 393 g/mol. The number of carbonyl (C=O) groups excluding carboxylic acids is 1. The second kappa shape index (κ2) is 10.4. The van der Waals surface area contributed by atoms with Gasteiger partial charge < -0.3 is 20.4 Å². The fraction of sp³-hybridized carbons (Fsp3) is 0.444. The molecule has 1 aliphatic rings. The number of nitrogens with one attached hydrogen (secondary N) is 1. The van der Waals surface area contributed by atoms with Crippen LogP contribution in [0.15, 0.2) is 30.7 Å². The fourth-order valence-electron chi connectivity index (χ4n) is 3.19. The molecule has 0 radical (unpaired) electrons. The molecule has 1 saturated heterocycles. The summed E-state index contributed by atoms with van der Waals surface area (Å²) in [5.41, 5.74) is 1.38. The van der Waals surface area contributed by atoms with Crippen molar-refractivity contribution in [3.05, 3.63) is 42.2 Å². The van der Waals surface area contributed by atoms with Crippen molar-refractivity contribution in [1.29, 1.82) is 0 Å². The number of halogens is 1. The molecule has 9 nitrogen and oxygen atoms in total. The first kappa shape index (κ1) is 21.3. The Morgan fingerprint density at radius 3 is 2.79 bits per heavy atom. The first-order valence-corrected chi connectivity index (χ1v) is 8.81. The first-order chi connectivity index (χ1) is 13.4. The zero-order valence-electron chi connectivity index (χ0n) is 15.5. The number of carboxylic acid groups (broad SMARTS) is 1. The molecule has 0 aromatic carbocycles. The van der Waals surface area contributed by atoms with E-state index < -0.39 is 11.9 Å². The minimum Gasteiger partial charge on any atom is -0.483 e.